The number of nitrogens with one attached hydrogen (secondary N) is 1. The number of rotatable bonds is 4. The van der Waals surface area contributed by atoms with Gasteiger partial charge in [0.1, 0.15) is 6.54 Å². The van der Waals surface area contributed by atoms with E-state index >= 15 is 0 Å². The molecule has 1 N–H and O–H groups in total. The fourth-order valence-corrected chi connectivity index (χ4v) is 2.28. The fraction of sp³-hybridized carbons (Fsp3) is 0.250. The van der Waals surface area contributed by atoms with Crippen molar-refractivity contribution in [2.24, 2.45) is 0 Å². The lowest BCUT2D eigenvalue weighted by molar-refractivity contribution is -0.138. The molecule has 0 fully saturated rings. The van der Waals surface area contributed by atoms with E-state index in [0.29, 0.717) is 23.8 Å². The Balaban J connectivity index is 1.64. The number of fused-ring (bicyclic) bond motifs is 1. The fourth-order valence-electron chi connectivity index (χ4n) is 2.28. The van der Waals surface area contributed by atoms with Crippen LogP contribution in [0.5, 0.6) is 11.5 Å². The van der Waals surface area contributed by atoms with E-state index < -0.39 is 29.8 Å². The van der Waals surface area contributed by atoms with E-state index in [0.717, 1.165) is 16.2 Å². The van der Waals surface area contributed by atoms with Crippen LogP contribution in [0.1, 0.15) is 11.1 Å². The number of carbonyl (C=O) groups is 1. The van der Waals surface area contributed by atoms with Gasteiger partial charge in [0, 0.05) is 18.8 Å². The van der Waals surface area contributed by atoms with Gasteiger partial charge in [0.15, 0.2) is 11.5 Å². The Hall–Kier alpha value is -2.97. The molecule has 3 rings (SSSR count). The van der Waals surface area contributed by atoms with Crippen molar-refractivity contribution in [3.63, 3.8) is 0 Å². The number of carbonyl (C=O) groups excluding carboxylic acids is 1. The molecule has 0 atom stereocenters. The van der Waals surface area contributed by atoms with Crippen molar-refractivity contribution in [2.75, 3.05) is 6.79 Å². The molecule has 0 radical (unpaired) electrons. The molecular weight excluding hydrogens is 341 g/mol. The van der Waals surface area contributed by atoms with Crippen LogP contribution in [0.3, 0.4) is 0 Å². The first-order valence-electron chi connectivity index (χ1n) is 7.26. The highest BCUT2D eigenvalue weighted by molar-refractivity contribution is 5.75. The Morgan fingerprint density at radius 3 is 2.68 bits per heavy atom. The maximum atomic E-state index is 12.7. The number of hydrogen-bond donors (Lipinski definition) is 1. The second kappa shape index (κ2) is 6.50. The first-order valence-corrected chi connectivity index (χ1v) is 7.26. The standard InChI is InChI=1S/C16H13F3N2O4/c17-16(18,19)11-2-4-15(23)21(7-11)8-14(22)20-6-10-1-3-12-13(5-10)25-9-24-12/h1-5,7H,6,8-9H2,(H,20,22). The van der Waals surface area contributed by atoms with Crippen LogP contribution in [-0.2, 0) is 24.1 Å². The molecule has 132 valence electrons. The topological polar surface area (TPSA) is 69.6 Å². The number of nitrogens with zero attached hydrogens (tertiary/aromatic N) is 1. The van der Waals surface area contributed by atoms with Crippen LogP contribution in [0.4, 0.5) is 13.2 Å². The first-order chi connectivity index (χ1) is 11.8. The van der Waals surface area contributed by atoms with E-state index in [9.17, 15) is 22.8 Å². The zero-order valence-electron chi connectivity index (χ0n) is 12.8. The van der Waals surface area contributed by atoms with E-state index in [2.05, 4.69) is 5.32 Å². The number of alkyl halides is 3. The molecule has 1 aliphatic rings. The normalized spacial score (nSPS) is 12.9. The van der Waals surface area contributed by atoms with Crippen molar-refractivity contribution in [3.05, 3.63) is 58.0 Å². The molecule has 0 aliphatic carbocycles. The highest BCUT2D eigenvalue weighted by Crippen LogP contribution is 2.32. The Morgan fingerprint density at radius 1 is 1.16 bits per heavy atom. The Kier molecular flexibility index (Phi) is 4.39. The summed E-state index contributed by atoms with van der Waals surface area (Å²) in [5.41, 5.74) is -0.948. The van der Waals surface area contributed by atoms with E-state index in [1.807, 2.05) is 0 Å². The van der Waals surface area contributed by atoms with E-state index in [4.69, 9.17) is 9.47 Å². The monoisotopic (exact) mass is 354 g/mol. The van der Waals surface area contributed by atoms with Crippen LogP contribution in [0.25, 0.3) is 0 Å². The molecule has 1 aromatic heterocycles. The summed E-state index contributed by atoms with van der Waals surface area (Å²) in [6.07, 6.45) is -3.96. The van der Waals surface area contributed by atoms with E-state index in [-0.39, 0.29) is 13.3 Å². The lowest BCUT2D eigenvalue weighted by Crippen LogP contribution is -2.32. The number of amides is 1. The SMILES string of the molecule is O=C(Cn1cc(C(F)(F)F)ccc1=O)NCc1ccc2c(c1)OCO2. The van der Waals surface area contributed by atoms with Crippen molar-refractivity contribution < 1.29 is 27.4 Å². The predicted octanol–water partition coefficient (Wildman–Crippen LogP) is 1.91. The average molecular weight is 354 g/mol. The molecule has 9 heteroatoms. The second-order valence-electron chi connectivity index (χ2n) is 5.35. The maximum Gasteiger partial charge on any atom is 0.417 e. The summed E-state index contributed by atoms with van der Waals surface area (Å²) in [6, 6.07) is 6.59. The number of halogens is 3. The zero-order valence-corrected chi connectivity index (χ0v) is 12.8. The molecule has 2 aromatic rings. The van der Waals surface area contributed by atoms with Gasteiger partial charge in [-0.25, -0.2) is 0 Å². The third kappa shape index (κ3) is 3.93. The van der Waals surface area contributed by atoms with Gasteiger partial charge in [0.05, 0.1) is 5.56 Å². The summed E-state index contributed by atoms with van der Waals surface area (Å²) in [7, 11) is 0. The molecule has 1 amide bonds. The molecule has 6 nitrogen and oxygen atoms in total. The number of pyridine rings is 1. The molecule has 1 aromatic carbocycles. The van der Waals surface area contributed by atoms with Crippen LogP contribution < -0.4 is 20.3 Å². The maximum absolute atomic E-state index is 12.7. The molecular formula is C16H13F3N2O4. The lowest BCUT2D eigenvalue weighted by atomic mass is 10.2. The minimum atomic E-state index is -4.58. The second-order valence-corrected chi connectivity index (χ2v) is 5.35. The third-order valence-electron chi connectivity index (χ3n) is 3.55. The molecule has 0 saturated carbocycles. The minimum Gasteiger partial charge on any atom is -0.454 e. The van der Waals surface area contributed by atoms with Gasteiger partial charge in [-0.3, -0.25) is 9.59 Å². The quantitative estimate of drug-likeness (QED) is 0.911. The Morgan fingerprint density at radius 2 is 1.92 bits per heavy atom. The molecule has 0 spiro atoms. The molecule has 25 heavy (non-hydrogen) atoms. The number of ether oxygens (including phenoxy) is 2. The molecule has 0 saturated heterocycles. The summed E-state index contributed by atoms with van der Waals surface area (Å²) in [4.78, 5) is 23.5. The van der Waals surface area contributed by atoms with Gasteiger partial charge in [0.25, 0.3) is 5.56 Å². The van der Waals surface area contributed by atoms with Gasteiger partial charge in [-0.15, -0.1) is 0 Å². The predicted molar refractivity (Wildman–Crippen MR) is 80.1 cm³/mol. The number of benzene rings is 1. The smallest absolute Gasteiger partial charge is 0.417 e. The Labute approximate surface area is 139 Å². The molecule has 1 aliphatic heterocycles. The van der Waals surface area contributed by atoms with Crippen molar-refractivity contribution in [1.29, 1.82) is 0 Å². The number of aromatic nitrogens is 1. The zero-order chi connectivity index (χ0) is 18.0. The van der Waals surface area contributed by atoms with Gasteiger partial charge in [-0.2, -0.15) is 13.2 Å². The average Bonchev–Trinajstić information content (AvgIpc) is 3.01. The molecule has 0 unspecified atom stereocenters. The van der Waals surface area contributed by atoms with Gasteiger partial charge >= 0.3 is 6.18 Å². The van der Waals surface area contributed by atoms with Crippen LogP contribution in [-0.4, -0.2) is 17.3 Å². The van der Waals surface area contributed by atoms with Gasteiger partial charge in [-0.05, 0) is 23.8 Å². The van der Waals surface area contributed by atoms with Crippen LogP contribution in [0, 0.1) is 0 Å². The summed E-state index contributed by atoms with van der Waals surface area (Å²) < 4.78 is 49.1. The van der Waals surface area contributed by atoms with E-state index in [1.165, 1.54) is 0 Å². The molecule has 0 bridgehead atoms. The van der Waals surface area contributed by atoms with Gasteiger partial charge < -0.3 is 19.4 Å². The summed E-state index contributed by atoms with van der Waals surface area (Å²) in [5.74, 6) is 0.575. The van der Waals surface area contributed by atoms with Crippen molar-refractivity contribution in [2.45, 2.75) is 19.3 Å². The Bertz CT molecular complexity index is 861. The van der Waals surface area contributed by atoms with Gasteiger partial charge in [0.2, 0.25) is 12.7 Å². The highest BCUT2D eigenvalue weighted by Gasteiger charge is 2.31. The van der Waals surface area contributed by atoms with Crippen molar-refractivity contribution in [3.8, 4) is 11.5 Å². The lowest BCUT2D eigenvalue weighted by Gasteiger charge is -2.11. The summed E-state index contributed by atoms with van der Waals surface area (Å²) in [6.45, 7) is -0.236. The van der Waals surface area contributed by atoms with Gasteiger partial charge in [-0.1, -0.05) is 6.07 Å². The van der Waals surface area contributed by atoms with Crippen molar-refractivity contribution >= 4 is 5.91 Å². The van der Waals surface area contributed by atoms with Crippen molar-refractivity contribution in [1.82, 2.24) is 9.88 Å². The minimum absolute atomic E-state index is 0.129. The summed E-state index contributed by atoms with van der Waals surface area (Å²) >= 11 is 0. The van der Waals surface area contributed by atoms with Crippen LogP contribution in [0.2, 0.25) is 0 Å². The van der Waals surface area contributed by atoms with E-state index in [1.54, 1.807) is 18.2 Å². The summed E-state index contributed by atoms with van der Waals surface area (Å²) in [5, 5.41) is 2.55. The highest BCUT2D eigenvalue weighted by atomic mass is 19.4. The largest absolute Gasteiger partial charge is 0.454 e. The number of hydrogen-bond acceptors (Lipinski definition) is 4. The first kappa shape index (κ1) is 16.9. The van der Waals surface area contributed by atoms with Crippen LogP contribution >= 0.6 is 0 Å². The third-order valence-corrected chi connectivity index (χ3v) is 3.55. The van der Waals surface area contributed by atoms with Crippen LogP contribution in [0.15, 0.2) is 41.3 Å². The molecule has 2 heterocycles.